The first-order valence-corrected chi connectivity index (χ1v) is 9.10. The number of thioether (sulfide) groups is 1. The topological polar surface area (TPSA) is 72.7 Å². The molecule has 1 aromatic carbocycles. The Hall–Kier alpha value is -2.38. The summed E-state index contributed by atoms with van der Waals surface area (Å²) in [4.78, 5) is 20.7. The van der Waals surface area contributed by atoms with Crippen LogP contribution in [0.1, 0.15) is 22.1 Å². The van der Waals surface area contributed by atoms with Crippen molar-refractivity contribution in [3.8, 4) is 5.95 Å². The predicted octanol–water partition coefficient (Wildman–Crippen LogP) is 3.40. The van der Waals surface area contributed by atoms with Gasteiger partial charge >= 0.3 is 0 Å². The van der Waals surface area contributed by atoms with E-state index in [1.54, 1.807) is 34.9 Å². The summed E-state index contributed by atoms with van der Waals surface area (Å²) in [7, 11) is 0. The van der Waals surface area contributed by atoms with E-state index in [1.165, 1.54) is 0 Å². The van der Waals surface area contributed by atoms with Gasteiger partial charge < -0.3 is 5.32 Å². The highest BCUT2D eigenvalue weighted by atomic mass is 35.5. The van der Waals surface area contributed by atoms with E-state index in [2.05, 4.69) is 20.4 Å². The fourth-order valence-electron chi connectivity index (χ4n) is 2.86. The van der Waals surface area contributed by atoms with E-state index in [0.717, 1.165) is 16.8 Å². The molecule has 3 aromatic rings. The van der Waals surface area contributed by atoms with Crippen LogP contribution in [0, 0.1) is 6.92 Å². The summed E-state index contributed by atoms with van der Waals surface area (Å²) >= 11 is 7.72. The molecule has 6 nitrogen and oxygen atoms in total. The van der Waals surface area contributed by atoms with Gasteiger partial charge in [0.2, 0.25) is 5.91 Å². The lowest BCUT2D eigenvalue weighted by atomic mass is 10.0. The molecule has 0 bridgehead atoms. The number of rotatable bonds is 2. The number of carbonyl (C=O) groups is 1. The quantitative estimate of drug-likeness (QED) is 0.747. The van der Waals surface area contributed by atoms with Crippen LogP contribution < -0.4 is 5.32 Å². The van der Waals surface area contributed by atoms with Crippen LogP contribution in [-0.2, 0) is 4.79 Å². The molecule has 25 heavy (non-hydrogen) atoms. The minimum Gasteiger partial charge on any atom is -0.309 e. The number of nitrogens with zero attached hydrogens (tertiary/aromatic N) is 4. The summed E-state index contributed by atoms with van der Waals surface area (Å²) in [6.45, 7) is 1.92. The van der Waals surface area contributed by atoms with E-state index in [4.69, 9.17) is 11.6 Å². The number of benzene rings is 1. The van der Waals surface area contributed by atoms with Crippen LogP contribution in [0.15, 0.2) is 42.7 Å². The van der Waals surface area contributed by atoms with Crippen molar-refractivity contribution in [2.24, 2.45) is 0 Å². The summed E-state index contributed by atoms with van der Waals surface area (Å²) in [5.74, 6) is 1.31. The summed E-state index contributed by atoms with van der Waals surface area (Å²) < 4.78 is 1.59. The molecule has 0 saturated carbocycles. The first-order chi connectivity index (χ1) is 12.1. The highest BCUT2D eigenvalue weighted by Crippen LogP contribution is 2.43. The first-order valence-electron chi connectivity index (χ1n) is 7.67. The maximum Gasteiger partial charge on any atom is 0.252 e. The van der Waals surface area contributed by atoms with Gasteiger partial charge in [-0.3, -0.25) is 4.79 Å². The lowest BCUT2D eigenvalue weighted by Crippen LogP contribution is -2.16. The lowest BCUT2D eigenvalue weighted by Gasteiger charge is -2.15. The van der Waals surface area contributed by atoms with Gasteiger partial charge in [-0.15, -0.1) is 11.8 Å². The number of fused-ring (bicyclic) bond motifs is 1. The van der Waals surface area contributed by atoms with E-state index < -0.39 is 0 Å². The maximum absolute atomic E-state index is 12.2. The molecule has 0 spiro atoms. The van der Waals surface area contributed by atoms with Crippen LogP contribution in [0.3, 0.4) is 0 Å². The van der Waals surface area contributed by atoms with Gasteiger partial charge in [0.05, 0.1) is 16.7 Å². The lowest BCUT2D eigenvalue weighted by molar-refractivity contribution is -0.113. The largest absolute Gasteiger partial charge is 0.309 e. The molecule has 0 fully saturated rings. The van der Waals surface area contributed by atoms with Gasteiger partial charge in [-0.1, -0.05) is 23.7 Å². The van der Waals surface area contributed by atoms with Crippen molar-refractivity contribution < 1.29 is 4.79 Å². The monoisotopic (exact) mass is 371 g/mol. The van der Waals surface area contributed by atoms with Gasteiger partial charge in [0.1, 0.15) is 5.82 Å². The second-order valence-corrected chi connectivity index (χ2v) is 7.13. The molecule has 0 radical (unpaired) electrons. The highest BCUT2D eigenvalue weighted by Gasteiger charge is 2.31. The molecular weight excluding hydrogens is 358 g/mol. The molecule has 3 heterocycles. The van der Waals surface area contributed by atoms with Crippen molar-refractivity contribution in [2.45, 2.75) is 12.2 Å². The Morgan fingerprint density at radius 2 is 2.08 bits per heavy atom. The van der Waals surface area contributed by atoms with Crippen LogP contribution in [0.5, 0.6) is 0 Å². The van der Waals surface area contributed by atoms with Crippen LogP contribution in [0.2, 0.25) is 5.02 Å². The van der Waals surface area contributed by atoms with Crippen molar-refractivity contribution >= 4 is 35.1 Å². The minimum absolute atomic E-state index is 0.0508. The third-order valence-electron chi connectivity index (χ3n) is 3.90. The third kappa shape index (κ3) is 3.01. The number of nitrogens with one attached hydrogen (secondary N) is 1. The van der Waals surface area contributed by atoms with Gasteiger partial charge in [-0.2, -0.15) is 9.78 Å². The molecule has 1 unspecified atom stereocenters. The Bertz CT molecular complexity index is 943. The molecule has 0 saturated heterocycles. The fraction of sp³-hybridized carbons (Fsp3) is 0.176. The molecule has 1 aliphatic heterocycles. The summed E-state index contributed by atoms with van der Waals surface area (Å²) in [5, 5.41) is 8.14. The number of hydrogen-bond acceptors (Lipinski definition) is 5. The molecule has 1 aliphatic rings. The van der Waals surface area contributed by atoms with Gasteiger partial charge in [-0.05, 0) is 30.7 Å². The van der Waals surface area contributed by atoms with Gasteiger partial charge in [-0.25, -0.2) is 9.97 Å². The number of amides is 1. The van der Waals surface area contributed by atoms with Crippen LogP contribution >= 0.6 is 23.4 Å². The van der Waals surface area contributed by atoms with Gasteiger partial charge in [0.25, 0.3) is 5.95 Å². The van der Waals surface area contributed by atoms with Crippen molar-refractivity contribution in [1.29, 1.82) is 0 Å². The normalized spacial score (nSPS) is 16.9. The second-order valence-electron chi connectivity index (χ2n) is 5.60. The molecule has 2 aromatic heterocycles. The number of hydrogen-bond donors (Lipinski definition) is 1. The number of aryl methyl sites for hydroxylation is 1. The molecule has 1 amide bonds. The average molecular weight is 372 g/mol. The molecule has 1 N–H and O–H groups in total. The van der Waals surface area contributed by atoms with Crippen LogP contribution in [-0.4, -0.2) is 31.4 Å². The summed E-state index contributed by atoms with van der Waals surface area (Å²) in [6.07, 6.45) is 3.29. The second kappa shape index (κ2) is 6.50. The smallest absolute Gasteiger partial charge is 0.252 e. The Morgan fingerprint density at radius 3 is 2.84 bits per heavy atom. The zero-order valence-corrected chi connectivity index (χ0v) is 14.9. The molecule has 4 rings (SSSR count). The molecule has 126 valence electrons. The molecular formula is C17H14ClN5OS. The third-order valence-corrected chi connectivity index (χ3v) is 5.41. The Morgan fingerprint density at radius 1 is 1.28 bits per heavy atom. The average Bonchev–Trinajstić information content (AvgIpc) is 2.82. The maximum atomic E-state index is 12.2. The van der Waals surface area contributed by atoms with Gasteiger partial charge in [0, 0.05) is 23.0 Å². The van der Waals surface area contributed by atoms with Crippen molar-refractivity contribution in [2.75, 3.05) is 11.1 Å². The van der Waals surface area contributed by atoms with E-state index in [1.807, 2.05) is 31.2 Å². The van der Waals surface area contributed by atoms with Crippen LogP contribution in [0.25, 0.3) is 5.95 Å². The van der Waals surface area contributed by atoms with Crippen molar-refractivity contribution in [1.82, 2.24) is 19.7 Å². The van der Waals surface area contributed by atoms with Crippen molar-refractivity contribution in [3.05, 3.63) is 64.6 Å². The highest BCUT2D eigenvalue weighted by molar-refractivity contribution is 8.00. The minimum atomic E-state index is -0.0761. The predicted molar refractivity (Wildman–Crippen MR) is 98.3 cm³/mol. The Labute approximate surface area is 153 Å². The fourth-order valence-corrected chi connectivity index (χ4v) is 4.24. The SMILES string of the molecule is Cc1nn(-c2ncccn2)c2c1C(c1cccc(Cl)c1)SCC(=O)N2. The number of anilines is 1. The standard InChI is InChI=1S/C17H14ClN5OS/c1-10-14-15(11-4-2-5-12(18)8-11)25-9-13(24)21-16(14)23(22-10)17-19-6-3-7-20-17/h2-8,15H,9H2,1H3,(H,21,24). The zero-order chi connectivity index (χ0) is 17.4. The Balaban J connectivity index is 1.90. The number of carbonyl (C=O) groups excluding carboxylic acids is 1. The molecule has 1 atom stereocenters. The summed E-state index contributed by atoms with van der Waals surface area (Å²) in [5.41, 5.74) is 2.81. The first kappa shape index (κ1) is 16.1. The number of aromatic nitrogens is 4. The molecule has 8 heteroatoms. The van der Waals surface area contributed by atoms with Gasteiger partial charge in [0.15, 0.2) is 0 Å². The van der Waals surface area contributed by atoms with Crippen LogP contribution in [0.4, 0.5) is 5.82 Å². The summed E-state index contributed by atoms with van der Waals surface area (Å²) in [6, 6.07) is 9.43. The Kier molecular flexibility index (Phi) is 4.19. The van der Waals surface area contributed by atoms with E-state index in [-0.39, 0.29) is 11.2 Å². The zero-order valence-electron chi connectivity index (χ0n) is 13.3. The van der Waals surface area contributed by atoms with Crippen molar-refractivity contribution in [3.63, 3.8) is 0 Å². The van der Waals surface area contributed by atoms with E-state index >= 15 is 0 Å². The van der Waals surface area contributed by atoms with E-state index in [9.17, 15) is 4.79 Å². The van der Waals surface area contributed by atoms with E-state index in [0.29, 0.717) is 22.5 Å². The number of halogens is 1. The molecule has 0 aliphatic carbocycles.